The molecule has 3 aromatic rings. The van der Waals surface area contributed by atoms with Crippen LogP contribution in [0.1, 0.15) is 121 Å². The second kappa shape index (κ2) is 19.9. The second-order valence-corrected chi connectivity index (χ2v) is 13.2. The number of thiazole rings is 1. The van der Waals surface area contributed by atoms with Gasteiger partial charge in [-0.1, -0.05) is 134 Å². The number of hydrogen-bond donors (Lipinski definition) is 1. The van der Waals surface area contributed by atoms with E-state index in [-0.39, 0.29) is 28.3 Å². The lowest BCUT2D eigenvalue weighted by Crippen LogP contribution is -3.00. The van der Waals surface area contributed by atoms with Crippen LogP contribution in [0.4, 0.5) is 5.69 Å². The van der Waals surface area contributed by atoms with Crippen LogP contribution in [0.25, 0.3) is 0 Å². The van der Waals surface area contributed by atoms with Crippen LogP contribution in [-0.4, -0.2) is 12.5 Å². The van der Waals surface area contributed by atoms with E-state index in [4.69, 9.17) is 4.74 Å². The molecule has 6 heteroatoms. The van der Waals surface area contributed by atoms with E-state index in [2.05, 4.69) is 85.0 Å². The van der Waals surface area contributed by atoms with Crippen molar-refractivity contribution in [2.75, 3.05) is 11.9 Å². The van der Waals surface area contributed by atoms with Crippen molar-refractivity contribution in [3.05, 3.63) is 76.2 Å². The summed E-state index contributed by atoms with van der Waals surface area (Å²) in [5, 5.41) is 5.16. The van der Waals surface area contributed by atoms with Crippen LogP contribution in [0.2, 0.25) is 0 Å². The molecule has 0 fully saturated rings. The van der Waals surface area contributed by atoms with Gasteiger partial charge in [0.15, 0.2) is 12.7 Å². The van der Waals surface area contributed by atoms with Crippen molar-refractivity contribution >= 4 is 22.9 Å². The first-order valence-corrected chi connectivity index (χ1v) is 16.9. The molecule has 1 N–H and O–H groups in total. The van der Waals surface area contributed by atoms with Crippen molar-refractivity contribution in [3.8, 4) is 5.75 Å². The van der Waals surface area contributed by atoms with E-state index in [1.807, 2.05) is 12.1 Å². The standard InChI is InChI=1S/C36H52N2O2S.BrH/c1-5-6-7-8-9-10-11-12-13-14-15-16-23-40-34-27-32(36(2,3)4)21-20-31(34)26-35(39)37-33-19-17-18-30(25-33)28-38-22-24-41-29-38;/h17-22,24-25,27,29H,5-16,23,26,28H2,1-4H3;1H. The maximum Gasteiger partial charge on any atom is 0.228 e. The van der Waals surface area contributed by atoms with E-state index in [1.54, 1.807) is 11.3 Å². The number of benzene rings is 2. The molecule has 0 bridgehead atoms. The van der Waals surface area contributed by atoms with Crippen LogP contribution >= 0.6 is 11.3 Å². The minimum Gasteiger partial charge on any atom is -1.00 e. The quantitative estimate of drug-likeness (QED) is 0.116. The van der Waals surface area contributed by atoms with Gasteiger partial charge in [-0.15, -0.1) is 0 Å². The third-order valence-electron chi connectivity index (χ3n) is 7.64. The van der Waals surface area contributed by atoms with Gasteiger partial charge in [0.2, 0.25) is 11.4 Å². The van der Waals surface area contributed by atoms with E-state index in [0.29, 0.717) is 13.0 Å². The zero-order chi connectivity index (χ0) is 29.3. The third kappa shape index (κ3) is 13.9. The zero-order valence-corrected chi connectivity index (χ0v) is 28.8. The summed E-state index contributed by atoms with van der Waals surface area (Å²) in [6, 6.07) is 14.4. The van der Waals surface area contributed by atoms with Gasteiger partial charge in [0.1, 0.15) is 5.75 Å². The number of nitrogens with zero attached hydrogens (tertiary/aromatic N) is 1. The molecule has 0 spiro atoms. The van der Waals surface area contributed by atoms with Gasteiger partial charge in [0.25, 0.3) is 0 Å². The molecule has 3 rings (SSSR count). The van der Waals surface area contributed by atoms with Crippen LogP contribution in [-0.2, 0) is 23.2 Å². The summed E-state index contributed by atoms with van der Waals surface area (Å²) >= 11 is 1.67. The normalized spacial score (nSPS) is 11.2. The van der Waals surface area contributed by atoms with Gasteiger partial charge in [-0.2, -0.15) is 4.57 Å². The Kier molecular flexibility index (Phi) is 17.1. The first-order valence-electron chi connectivity index (χ1n) is 15.9. The molecule has 0 atom stereocenters. The average Bonchev–Trinajstić information content (AvgIpc) is 3.44. The lowest BCUT2D eigenvalue weighted by molar-refractivity contribution is -0.683. The van der Waals surface area contributed by atoms with Crippen LogP contribution in [0, 0.1) is 0 Å². The summed E-state index contributed by atoms with van der Waals surface area (Å²) in [7, 11) is 0. The maximum absolute atomic E-state index is 13.1. The average molecular weight is 658 g/mol. The molecule has 1 aromatic heterocycles. The van der Waals surface area contributed by atoms with Gasteiger partial charge >= 0.3 is 0 Å². The Morgan fingerprint density at radius 3 is 2.17 bits per heavy atom. The third-order valence-corrected chi connectivity index (χ3v) is 8.31. The van der Waals surface area contributed by atoms with E-state index in [0.717, 1.165) is 35.5 Å². The largest absolute Gasteiger partial charge is 1.00 e. The Bertz CT molecular complexity index is 1160. The second-order valence-electron chi connectivity index (χ2n) is 12.4. The monoisotopic (exact) mass is 656 g/mol. The first kappa shape index (κ1) is 36.0. The van der Waals surface area contributed by atoms with Crippen molar-refractivity contribution in [1.82, 2.24) is 0 Å². The summed E-state index contributed by atoms with van der Waals surface area (Å²) in [4.78, 5) is 13.1. The molecule has 232 valence electrons. The highest BCUT2D eigenvalue weighted by molar-refractivity contribution is 7.07. The highest BCUT2D eigenvalue weighted by Gasteiger charge is 2.18. The molecule has 1 amide bonds. The number of ether oxygens (including phenoxy) is 1. The Morgan fingerprint density at radius 2 is 1.55 bits per heavy atom. The number of nitrogens with one attached hydrogen (secondary N) is 1. The van der Waals surface area contributed by atoms with Crippen LogP contribution < -0.4 is 31.6 Å². The Labute approximate surface area is 270 Å². The number of unbranched alkanes of at least 4 members (excludes halogenated alkanes) is 11. The van der Waals surface area contributed by atoms with Crippen LogP contribution in [0.5, 0.6) is 5.75 Å². The van der Waals surface area contributed by atoms with Gasteiger partial charge in [0.05, 0.1) is 18.4 Å². The van der Waals surface area contributed by atoms with E-state index >= 15 is 0 Å². The van der Waals surface area contributed by atoms with Crippen molar-refractivity contribution in [2.45, 2.75) is 123 Å². The molecule has 0 saturated carbocycles. The highest BCUT2D eigenvalue weighted by Crippen LogP contribution is 2.29. The molecule has 0 saturated heterocycles. The molecule has 0 radical (unpaired) electrons. The summed E-state index contributed by atoms with van der Waals surface area (Å²) in [5.41, 5.74) is 6.27. The van der Waals surface area contributed by atoms with Gasteiger partial charge in [-0.05, 0) is 35.6 Å². The summed E-state index contributed by atoms with van der Waals surface area (Å²) in [5.74, 6) is 0.822. The Morgan fingerprint density at radius 1 is 0.881 bits per heavy atom. The Hall–Kier alpha value is -2.18. The van der Waals surface area contributed by atoms with Crippen LogP contribution in [0.15, 0.2) is 59.6 Å². The minimum atomic E-state index is -0.0240. The predicted octanol–water partition coefficient (Wildman–Crippen LogP) is 6.65. The van der Waals surface area contributed by atoms with Gasteiger partial charge < -0.3 is 27.0 Å². The number of rotatable bonds is 19. The smallest absolute Gasteiger partial charge is 0.228 e. The molecule has 1 heterocycles. The highest BCUT2D eigenvalue weighted by atomic mass is 79.9. The van der Waals surface area contributed by atoms with E-state index in [9.17, 15) is 4.79 Å². The number of hydrogen-bond acceptors (Lipinski definition) is 3. The Balaban J connectivity index is 0.00000616. The number of amides is 1. The van der Waals surface area contributed by atoms with Gasteiger partial charge in [-0.25, -0.2) is 0 Å². The molecule has 0 aliphatic heterocycles. The van der Waals surface area contributed by atoms with Gasteiger partial charge in [0, 0.05) is 16.8 Å². The zero-order valence-electron chi connectivity index (χ0n) is 26.4. The number of anilines is 1. The van der Waals surface area contributed by atoms with Crippen molar-refractivity contribution in [3.63, 3.8) is 0 Å². The molecule has 0 aliphatic rings. The molecule has 42 heavy (non-hydrogen) atoms. The molecule has 2 aromatic carbocycles. The van der Waals surface area contributed by atoms with Crippen molar-refractivity contribution in [1.29, 1.82) is 0 Å². The summed E-state index contributed by atoms with van der Waals surface area (Å²) in [6.07, 6.45) is 18.3. The fourth-order valence-electron chi connectivity index (χ4n) is 5.11. The molecular formula is C36H53BrN2O2S. The topological polar surface area (TPSA) is 42.2 Å². The number of aromatic nitrogens is 1. The fourth-order valence-corrected chi connectivity index (χ4v) is 5.71. The molecular weight excluding hydrogens is 604 g/mol. The molecule has 0 aliphatic carbocycles. The number of carbonyl (C=O) groups excluding carboxylic acids is 1. The molecule has 0 unspecified atom stereocenters. The summed E-state index contributed by atoms with van der Waals surface area (Å²) < 4.78 is 8.45. The van der Waals surface area contributed by atoms with Crippen molar-refractivity contribution < 1.29 is 31.1 Å². The first-order chi connectivity index (χ1) is 19.8. The minimum absolute atomic E-state index is 0. The van der Waals surface area contributed by atoms with Crippen LogP contribution in [0.3, 0.4) is 0 Å². The SMILES string of the molecule is CCCCCCCCCCCCCCOc1cc(C(C)(C)C)ccc1CC(=O)Nc1cccc(C[n+]2ccsc2)c1.[Br-]. The van der Waals surface area contributed by atoms with E-state index in [1.165, 1.54) is 76.2 Å². The van der Waals surface area contributed by atoms with Crippen molar-refractivity contribution in [2.24, 2.45) is 0 Å². The molecule has 4 nitrogen and oxygen atoms in total. The number of halogens is 1. The fraction of sp³-hybridized carbons (Fsp3) is 0.556. The summed E-state index contributed by atoms with van der Waals surface area (Å²) in [6.45, 7) is 10.4. The van der Waals surface area contributed by atoms with Gasteiger partial charge in [-0.3, -0.25) is 4.79 Å². The maximum atomic E-state index is 13.1. The lowest BCUT2D eigenvalue weighted by atomic mass is 9.86. The van der Waals surface area contributed by atoms with E-state index < -0.39 is 0 Å². The predicted molar refractivity (Wildman–Crippen MR) is 174 cm³/mol. The lowest BCUT2D eigenvalue weighted by Gasteiger charge is -2.21. The number of carbonyl (C=O) groups is 1.